The van der Waals surface area contributed by atoms with E-state index in [1.54, 1.807) is 0 Å². The molecule has 2 aliphatic rings. The predicted molar refractivity (Wildman–Crippen MR) is 80.9 cm³/mol. The predicted octanol–water partition coefficient (Wildman–Crippen LogP) is 0.776. The number of aliphatic hydroxyl groups excluding tert-OH is 1. The fraction of sp³-hybridized carbons (Fsp3) is 0.625. The Hall–Kier alpha value is -1.06. The molecule has 3 rings (SSSR count). The number of likely N-dealkylation sites (N-methyl/N-ethyl adjacent to an activating group) is 1. The molecular weight excluding hydrogens is 302 g/mol. The van der Waals surface area contributed by atoms with Gasteiger partial charge in [-0.15, -0.1) is 0 Å². The molecular formula is C16H23NO6. The second kappa shape index (κ2) is 6.45. The number of benzene rings is 1. The number of hydrogen-bond donors (Lipinski definition) is 1. The molecule has 0 unspecified atom stereocenters. The molecule has 2 heterocycles. The summed E-state index contributed by atoms with van der Waals surface area (Å²) in [6.07, 6.45) is -3.52. The van der Waals surface area contributed by atoms with Gasteiger partial charge in [0.05, 0.1) is 20.7 Å². The number of nitrogens with zero attached hydrogens (tertiary/aromatic N) is 1. The molecule has 2 saturated heterocycles. The van der Waals surface area contributed by atoms with Crippen LogP contribution in [-0.2, 0) is 18.9 Å². The van der Waals surface area contributed by atoms with Gasteiger partial charge >= 0.3 is 0 Å². The summed E-state index contributed by atoms with van der Waals surface area (Å²) in [6.45, 7) is 0.264. The van der Waals surface area contributed by atoms with Gasteiger partial charge < -0.3 is 33.9 Å². The third kappa shape index (κ3) is 3.27. The number of fused-ring (bicyclic) bond motifs is 1. The average molecular weight is 325 g/mol. The van der Waals surface area contributed by atoms with Crippen LogP contribution < -0.4 is 0 Å². The minimum atomic E-state index is -1.01. The first-order chi connectivity index (χ1) is 10.9. The molecule has 0 saturated carbocycles. The zero-order chi connectivity index (χ0) is 16.6. The number of aliphatic hydroxyl groups is 1. The van der Waals surface area contributed by atoms with Gasteiger partial charge in [-0.25, -0.2) is 0 Å². The summed E-state index contributed by atoms with van der Waals surface area (Å²) in [5.74, 6) is 0. The van der Waals surface area contributed by atoms with Crippen molar-refractivity contribution in [2.75, 3.05) is 27.8 Å². The monoisotopic (exact) mass is 325 g/mol. The summed E-state index contributed by atoms with van der Waals surface area (Å²) in [6, 6.07) is 8.68. The molecule has 128 valence electrons. The number of quaternary nitrogens is 1. The van der Waals surface area contributed by atoms with Crippen molar-refractivity contribution in [3.8, 4) is 0 Å². The maximum Gasteiger partial charge on any atom is 0.213 e. The van der Waals surface area contributed by atoms with Crippen LogP contribution in [0, 0.1) is 5.21 Å². The Labute approximate surface area is 135 Å². The molecule has 0 amide bonds. The van der Waals surface area contributed by atoms with Gasteiger partial charge in [-0.05, 0) is 0 Å². The molecule has 1 aromatic carbocycles. The Morgan fingerprint density at radius 2 is 1.91 bits per heavy atom. The summed E-state index contributed by atoms with van der Waals surface area (Å²) < 4.78 is 21.9. The number of ether oxygens (including phenoxy) is 4. The fourth-order valence-corrected chi connectivity index (χ4v) is 3.21. The first-order valence-corrected chi connectivity index (χ1v) is 7.65. The first-order valence-electron chi connectivity index (χ1n) is 7.65. The molecule has 6 atom stereocenters. The Balaban J connectivity index is 1.81. The minimum Gasteiger partial charge on any atom is -0.633 e. The molecule has 2 aliphatic heterocycles. The van der Waals surface area contributed by atoms with E-state index in [0.29, 0.717) is 0 Å². The van der Waals surface area contributed by atoms with Gasteiger partial charge in [0.25, 0.3) is 0 Å². The van der Waals surface area contributed by atoms with Crippen molar-refractivity contribution in [1.29, 1.82) is 0 Å². The highest BCUT2D eigenvalue weighted by Gasteiger charge is 2.53. The molecule has 7 heteroatoms. The van der Waals surface area contributed by atoms with Crippen LogP contribution in [0.4, 0.5) is 0 Å². The lowest BCUT2D eigenvalue weighted by molar-refractivity contribution is -0.882. The maximum atomic E-state index is 12.4. The van der Waals surface area contributed by atoms with Crippen molar-refractivity contribution < 1.29 is 28.7 Å². The zero-order valence-corrected chi connectivity index (χ0v) is 13.5. The Morgan fingerprint density at radius 1 is 1.22 bits per heavy atom. The third-order valence-corrected chi connectivity index (χ3v) is 4.36. The quantitative estimate of drug-likeness (QED) is 0.653. The van der Waals surface area contributed by atoms with Crippen LogP contribution in [0.5, 0.6) is 0 Å². The van der Waals surface area contributed by atoms with Crippen molar-refractivity contribution in [1.82, 2.24) is 0 Å². The van der Waals surface area contributed by atoms with Crippen molar-refractivity contribution in [2.24, 2.45) is 0 Å². The summed E-state index contributed by atoms with van der Waals surface area (Å²) in [5, 5.41) is 23.1. The van der Waals surface area contributed by atoms with Crippen LogP contribution in [0.15, 0.2) is 30.3 Å². The summed E-state index contributed by atoms with van der Waals surface area (Å²) in [4.78, 5) is 0. The largest absolute Gasteiger partial charge is 0.633 e. The molecule has 2 fully saturated rings. The lowest BCUT2D eigenvalue weighted by Gasteiger charge is -2.53. The lowest BCUT2D eigenvalue weighted by atomic mass is 9.95. The minimum absolute atomic E-state index is 0.264. The van der Waals surface area contributed by atoms with Crippen LogP contribution in [-0.4, -0.2) is 68.2 Å². The molecule has 1 N–H and O–H groups in total. The van der Waals surface area contributed by atoms with E-state index in [9.17, 15) is 10.3 Å². The van der Waals surface area contributed by atoms with E-state index in [2.05, 4.69) is 0 Å². The van der Waals surface area contributed by atoms with Gasteiger partial charge in [0, 0.05) is 12.7 Å². The van der Waals surface area contributed by atoms with E-state index in [-0.39, 0.29) is 6.61 Å². The zero-order valence-electron chi connectivity index (χ0n) is 13.5. The molecule has 1 aromatic rings. The molecule has 0 bridgehead atoms. The van der Waals surface area contributed by atoms with E-state index in [1.807, 2.05) is 30.3 Å². The van der Waals surface area contributed by atoms with Crippen molar-refractivity contribution in [3.63, 3.8) is 0 Å². The van der Waals surface area contributed by atoms with E-state index in [4.69, 9.17) is 18.9 Å². The lowest BCUT2D eigenvalue weighted by Crippen LogP contribution is -2.69. The third-order valence-electron chi connectivity index (χ3n) is 4.36. The van der Waals surface area contributed by atoms with Crippen molar-refractivity contribution in [3.05, 3.63) is 41.1 Å². The Morgan fingerprint density at radius 3 is 2.52 bits per heavy atom. The number of rotatable bonds is 3. The van der Waals surface area contributed by atoms with Gasteiger partial charge in [-0.1, -0.05) is 30.3 Å². The van der Waals surface area contributed by atoms with Crippen molar-refractivity contribution >= 4 is 0 Å². The molecule has 0 aromatic heterocycles. The summed E-state index contributed by atoms with van der Waals surface area (Å²) >= 11 is 0. The highest BCUT2D eigenvalue weighted by Crippen LogP contribution is 2.36. The van der Waals surface area contributed by atoms with Crippen LogP contribution in [0.1, 0.15) is 11.9 Å². The van der Waals surface area contributed by atoms with E-state index < -0.39 is 41.6 Å². The SMILES string of the molecule is CO[C@H]1O[C@@H]2CO[C@@H](c3ccccc3)O[C@H]2[C@@H](O)[C@@H]1[N+](C)(C)[O-]. The second-order valence-corrected chi connectivity index (χ2v) is 6.37. The molecule has 0 radical (unpaired) electrons. The van der Waals surface area contributed by atoms with Gasteiger partial charge in [0.2, 0.25) is 6.29 Å². The number of hydrogen-bond acceptors (Lipinski definition) is 6. The van der Waals surface area contributed by atoms with E-state index in [0.717, 1.165) is 5.56 Å². The normalized spacial score (nSPS) is 38.1. The van der Waals surface area contributed by atoms with Gasteiger partial charge in [-0.2, -0.15) is 0 Å². The van der Waals surface area contributed by atoms with E-state index in [1.165, 1.54) is 21.2 Å². The first kappa shape index (κ1) is 16.8. The Kier molecular flexibility index (Phi) is 4.70. The molecule has 0 spiro atoms. The maximum absolute atomic E-state index is 12.4. The standard InChI is InChI=1S/C16H23NO6/c1-17(2,19)12-13(18)14-11(22-16(12)20-3)9-21-15(23-14)10-7-5-4-6-8-10/h4-8,11-16,18H,9H2,1-3H3/t11-,12+,13+,14-,15-,16+/m1/s1. The Bertz CT molecular complexity index is 519. The van der Waals surface area contributed by atoms with E-state index >= 15 is 0 Å². The van der Waals surface area contributed by atoms with Crippen LogP contribution >= 0.6 is 0 Å². The highest BCUT2D eigenvalue weighted by atomic mass is 16.7. The smallest absolute Gasteiger partial charge is 0.213 e. The fourth-order valence-electron chi connectivity index (χ4n) is 3.21. The van der Waals surface area contributed by atoms with Gasteiger partial charge in [0.1, 0.15) is 18.3 Å². The van der Waals surface area contributed by atoms with Gasteiger partial charge in [0.15, 0.2) is 12.3 Å². The number of methoxy groups -OCH3 is 1. The van der Waals surface area contributed by atoms with Crippen LogP contribution in [0.25, 0.3) is 0 Å². The van der Waals surface area contributed by atoms with Crippen molar-refractivity contribution in [2.45, 2.75) is 36.9 Å². The highest BCUT2D eigenvalue weighted by molar-refractivity contribution is 5.16. The van der Waals surface area contributed by atoms with Crippen LogP contribution in [0.3, 0.4) is 0 Å². The number of hydroxylamine groups is 3. The molecule has 0 aliphatic carbocycles. The summed E-state index contributed by atoms with van der Waals surface area (Å²) in [5.41, 5.74) is 0.861. The van der Waals surface area contributed by atoms with Gasteiger partial charge in [-0.3, -0.25) is 0 Å². The topological polar surface area (TPSA) is 80.2 Å². The second-order valence-electron chi connectivity index (χ2n) is 6.37. The molecule has 7 nitrogen and oxygen atoms in total. The average Bonchev–Trinajstić information content (AvgIpc) is 2.54. The van der Waals surface area contributed by atoms with Crippen LogP contribution in [0.2, 0.25) is 0 Å². The molecule has 23 heavy (non-hydrogen) atoms. The summed E-state index contributed by atoms with van der Waals surface area (Å²) in [7, 11) is 4.37.